The van der Waals surface area contributed by atoms with E-state index in [4.69, 9.17) is 24.7 Å². The molecule has 2 fully saturated rings. The van der Waals surface area contributed by atoms with Crippen LogP contribution in [-0.4, -0.2) is 166 Å². The summed E-state index contributed by atoms with van der Waals surface area (Å²) < 4.78 is 23.7. The molecule has 3 heterocycles. The molecule has 0 spiro atoms. The third-order valence-corrected chi connectivity index (χ3v) is 13.4. The standard InChI is InChI=1S/C54H79N3O17/c1-32-20-16-13-11-9-7-5-6-8-10-12-14-19-23-40(73-53-50(67)47(55)49(66)35(4)72-53)29-44-46(52(69)57-56-51(68)36-21-17-15-18-22-36)43(63)31-54(70,74-44)30-39(60)27-42(62)41(61)25-24-37(58)26-38(59)28-45(64)71-34(3)33(2)48(32)65/h5-23,32-35,37-44,46-50,53,58-63,65-67,70H,24-31,55H2,1-4H3,(H,56,68)(H,57,69)/b6-5-,9-7-,10-8-,13-11-,14-12-,20-16-,23-19+/t32-,33-,34-,35+,37+,38+,39-,40-,41+,42+,43-,44-,46+,47-,48+,49+,50-,53-,54+/m0/s1. The van der Waals surface area contributed by atoms with Crippen molar-refractivity contribution in [3.63, 3.8) is 0 Å². The van der Waals surface area contributed by atoms with Crippen LogP contribution in [0, 0.1) is 17.8 Å². The monoisotopic (exact) mass is 1040 g/mol. The molecule has 2 saturated heterocycles. The van der Waals surface area contributed by atoms with Crippen LogP contribution in [0.5, 0.6) is 0 Å². The number of cyclic esters (lactones) is 1. The minimum Gasteiger partial charge on any atom is -0.462 e. The topological polar surface area (TPSA) is 341 Å². The van der Waals surface area contributed by atoms with Gasteiger partial charge in [0, 0.05) is 43.1 Å². The number of amides is 2. The second-order valence-corrected chi connectivity index (χ2v) is 19.5. The molecule has 412 valence electrons. The molecule has 1 aromatic rings. The number of hydrogen-bond donors (Lipinski definition) is 13. The highest BCUT2D eigenvalue weighted by atomic mass is 16.7. The summed E-state index contributed by atoms with van der Waals surface area (Å²) in [5.41, 5.74) is 10.9. The summed E-state index contributed by atoms with van der Waals surface area (Å²) in [6.45, 7) is 6.74. The summed E-state index contributed by atoms with van der Waals surface area (Å²) in [6, 6.07) is 6.79. The van der Waals surface area contributed by atoms with E-state index in [1.54, 1.807) is 98.9 Å². The molecule has 19 atom stereocenters. The SMILES string of the molecule is C[C@@H]1[C@H](O)[C@@H](C)\C=C/C=C\C=C/C=C\C=C/C=C\C=C\[C@H](O[C@@H]2O[C@H](C)[C@@H](O)[C@H](N)[C@@H]2O)C[C@@H]2O[C@](O)(C[C@@H](O)C[C@@H](O)[C@H](O)CC[C@@H](O)C[C@@H](O)CC(=O)O[C@H]1C)C[C@H](O)[C@H]2C(=O)NNC(=O)c1ccccc1. The van der Waals surface area contributed by atoms with E-state index in [0.717, 1.165) is 0 Å². The lowest BCUT2D eigenvalue weighted by Gasteiger charge is -2.46. The lowest BCUT2D eigenvalue weighted by molar-refractivity contribution is -0.307. The normalized spacial score (nSPS) is 41.2. The van der Waals surface area contributed by atoms with Gasteiger partial charge in [0.2, 0.25) is 5.91 Å². The van der Waals surface area contributed by atoms with Crippen LogP contribution < -0.4 is 16.6 Å². The van der Waals surface area contributed by atoms with Crippen molar-refractivity contribution >= 4 is 17.8 Å². The van der Waals surface area contributed by atoms with E-state index in [0.29, 0.717) is 0 Å². The number of carbonyl (C=O) groups excluding carboxylic acids is 3. The number of ether oxygens (including phenoxy) is 4. The number of hydrazine groups is 1. The Balaban J connectivity index is 1.62. The van der Waals surface area contributed by atoms with Gasteiger partial charge in [0.1, 0.15) is 12.2 Å². The summed E-state index contributed by atoms with van der Waals surface area (Å²) in [5, 5.41) is 110. The Morgan fingerprint density at radius 1 is 0.649 bits per heavy atom. The molecule has 0 radical (unpaired) electrons. The Morgan fingerprint density at radius 2 is 1.24 bits per heavy atom. The number of allylic oxidation sites excluding steroid dienone is 12. The van der Waals surface area contributed by atoms with E-state index < -0.39 is 153 Å². The van der Waals surface area contributed by atoms with Crippen molar-refractivity contribution in [1.29, 1.82) is 0 Å². The Hall–Kier alpha value is -4.75. The quantitative estimate of drug-likeness (QED) is 0.148. The first kappa shape index (κ1) is 61.8. The highest BCUT2D eigenvalue weighted by Gasteiger charge is 2.51. The van der Waals surface area contributed by atoms with Crippen molar-refractivity contribution in [1.82, 2.24) is 10.9 Å². The maximum absolute atomic E-state index is 13.9. The first-order valence-electron chi connectivity index (χ1n) is 25.2. The van der Waals surface area contributed by atoms with Crippen LogP contribution in [0.2, 0.25) is 0 Å². The molecule has 0 saturated carbocycles. The van der Waals surface area contributed by atoms with E-state index in [1.165, 1.54) is 25.1 Å². The molecule has 0 aliphatic carbocycles. The summed E-state index contributed by atoms with van der Waals surface area (Å²) in [7, 11) is 0. The minimum absolute atomic E-state index is 0.122. The fraction of sp³-hybridized carbons (Fsp3) is 0.574. The molecular weight excluding hydrogens is 963 g/mol. The lowest BCUT2D eigenvalue weighted by Crippen LogP contribution is -2.62. The number of hydrogen-bond acceptors (Lipinski definition) is 18. The highest BCUT2D eigenvalue weighted by molar-refractivity contribution is 5.95. The van der Waals surface area contributed by atoms with Gasteiger partial charge in [-0.05, 0) is 45.2 Å². The number of nitrogens with two attached hydrogens (primary N) is 1. The molecule has 0 unspecified atom stereocenters. The van der Waals surface area contributed by atoms with Gasteiger partial charge in [0.05, 0.1) is 85.5 Å². The zero-order valence-corrected chi connectivity index (χ0v) is 42.4. The molecule has 1 aromatic carbocycles. The summed E-state index contributed by atoms with van der Waals surface area (Å²) >= 11 is 0. The van der Waals surface area contributed by atoms with Crippen LogP contribution in [0.3, 0.4) is 0 Å². The van der Waals surface area contributed by atoms with E-state index in [2.05, 4.69) is 10.9 Å². The van der Waals surface area contributed by atoms with E-state index >= 15 is 0 Å². The number of esters is 1. The van der Waals surface area contributed by atoms with Crippen LogP contribution in [0.15, 0.2) is 115 Å². The molecule has 20 nitrogen and oxygen atoms in total. The molecule has 0 aromatic heterocycles. The number of benzene rings is 1. The zero-order chi connectivity index (χ0) is 54.5. The lowest BCUT2D eigenvalue weighted by atomic mass is 9.82. The van der Waals surface area contributed by atoms with Crippen molar-refractivity contribution in [3.05, 3.63) is 121 Å². The van der Waals surface area contributed by atoms with Crippen molar-refractivity contribution in [2.24, 2.45) is 23.5 Å². The summed E-state index contributed by atoms with van der Waals surface area (Å²) in [4.78, 5) is 39.5. The van der Waals surface area contributed by atoms with E-state index in [1.807, 2.05) is 19.1 Å². The number of rotatable bonds is 4. The second kappa shape index (κ2) is 30.7. The zero-order valence-electron chi connectivity index (χ0n) is 42.4. The van der Waals surface area contributed by atoms with Crippen LogP contribution in [0.1, 0.15) is 89.4 Å². The molecule has 2 bridgehead atoms. The fourth-order valence-electron chi connectivity index (χ4n) is 8.85. The molecule has 2 amide bonds. The highest BCUT2D eigenvalue weighted by Crippen LogP contribution is 2.38. The molecule has 20 heteroatoms. The third kappa shape index (κ3) is 20.1. The van der Waals surface area contributed by atoms with E-state index in [9.17, 15) is 65.4 Å². The molecule has 3 aliphatic rings. The van der Waals surface area contributed by atoms with Crippen molar-refractivity contribution < 1.29 is 84.4 Å². The number of nitrogens with one attached hydrogen (secondary N) is 2. The molecular formula is C54H79N3O17. The average molecular weight is 1040 g/mol. The maximum Gasteiger partial charge on any atom is 0.308 e. The van der Waals surface area contributed by atoms with Gasteiger partial charge in [0.15, 0.2) is 12.1 Å². The molecule has 74 heavy (non-hydrogen) atoms. The number of fused-ring (bicyclic) bond motifs is 2. The Kier molecular flexibility index (Phi) is 25.6. The average Bonchev–Trinajstić information content (AvgIpc) is 3.34. The van der Waals surface area contributed by atoms with Crippen LogP contribution in [0.4, 0.5) is 0 Å². The Labute approximate surface area is 432 Å². The maximum atomic E-state index is 13.9. The predicted octanol–water partition coefficient (Wildman–Crippen LogP) is 1.09. The molecule has 3 aliphatic heterocycles. The first-order valence-corrected chi connectivity index (χ1v) is 25.2. The minimum atomic E-state index is -2.37. The number of aliphatic hydroxyl groups excluding tert-OH is 9. The first-order chi connectivity index (χ1) is 35.1. The van der Waals surface area contributed by atoms with Gasteiger partial charge in [-0.15, -0.1) is 0 Å². The van der Waals surface area contributed by atoms with Crippen molar-refractivity contribution in [3.8, 4) is 0 Å². The number of carbonyl (C=O) groups is 3. The van der Waals surface area contributed by atoms with Gasteiger partial charge in [-0.25, -0.2) is 0 Å². The fourth-order valence-corrected chi connectivity index (χ4v) is 8.85. The van der Waals surface area contributed by atoms with Crippen LogP contribution in [0.25, 0.3) is 0 Å². The number of aliphatic hydroxyl groups is 10. The van der Waals surface area contributed by atoms with Gasteiger partial charge < -0.3 is 75.7 Å². The van der Waals surface area contributed by atoms with Crippen LogP contribution >= 0.6 is 0 Å². The second-order valence-electron chi connectivity index (χ2n) is 19.5. The Morgan fingerprint density at radius 3 is 1.86 bits per heavy atom. The third-order valence-electron chi connectivity index (χ3n) is 13.4. The van der Waals surface area contributed by atoms with Crippen LogP contribution in [-0.2, 0) is 28.5 Å². The summed E-state index contributed by atoms with van der Waals surface area (Å²) in [6.07, 6.45) is 3.10. The Bertz CT molecular complexity index is 2100. The van der Waals surface area contributed by atoms with Gasteiger partial charge >= 0.3 is 5.97 Å². The van der Waals surface area contributed by atoms with Crippen molar-refractivity contribution in [2.45, 2.75) is 177 Å². The van der Waals surface area contributed by atoms with Gasteiger partial charge in [-0.1, -0.05) is 117 Å². The van der Waals surface area contributed by atoms with Crippen molar-refractivity contribution in [2.75, 3.05) is 0 Å². The van der Waals surface area contributed by atoms with Gasteiger partial charge in [-0.2, -0.15) is 0 Å². The van der Waals surface area contributed by atoms with E-state index in [-0.39, 0.29) is 37.2 Å². The summed E-state index contributed by atoms with van der Waals surface area (Å²) in [5.74, 6) is -6.96. The largest absolute Gasteiger partial charge is 0.462 e. The van der Waals surface area contributed by atoms with Gasteiger partial charge in [0.25, 0.3) is 5.91 Å². The molecule has 4 rings (SSSR count). The predicted molar refractivity (Wildman–Crippen MR) is 271 cm³/mol. The molecule has 14 N–H and O–H groups in total. The van der Waals surface area contributed by atoms with Gasteiger partial charge in [-0.3, -0.25) is 25.2 Å². The smallest absolute Gasteiger partial charge is 0.308 e.